The maximum absolute atomic E-state index is 4.88. The highest BCUT2D eigenvalue weighted by atomic mass is 32.2. The number of likely N-dealkylation sites (N-methyl/N-ethyl adjacent to an activating group) is 1. The Morgan fingerprint density at radius 3 is 2.52 bits per heavy atom. The lowest BCUT2D eigenvalue weighted by molar-refractivity contribution is 0.223. The highest BCUT2D eigenvalue weighted by molar-refractivity contribution is 7.99. The van der Waals surface area contributed by atoms with Gasteiger partial charge in [-0.2, -0.15) is 11.8 Å². The van der Waals surface area contributed by atoms with Gasteiger partial charge in [0, 0.05) is 30.4 Å². The van der Waals surface area contributed by atoms with Gasteiger partial charge >= 0.3 is 0 Å². The van der Waals surface area contributed by atoms with Crippen LogP contribution in [-0.2, 0) is 0 Å². The van der Waals surface area contributed by atoms with E-state index in [4.69, 9.17) is 4.99 Å². The number of aliphatic imine (C=N–C) groups is 1. The van der Waals surface area contributed by atoms with Crippen molar-refractivity contribution in [3.63, 3.8) is 0 Å². The van der Waals surface area contributed by atoms with Crippen LogP contribution < -0.4 is 5.32 Å². The molecule has 1 atom stereocenters. The Bertz CT molecular complexity index is 326. The van der Waals surface area contributed by atoms with Crippen molar-refractivity contribution < 1.29 is 0 Å². The molecule has 1 rings (SSSR count). The molecule has 124 valence electrons. The molecule has 21 heavy (non-hydrogen) atoms. The third kappa shape index (κ3) is 5.70. The molecular formula is C16H34N4S. The Kier molecular flexibility index (Phi) is 7.88. The average molecular weight is 315 g/mol. The van der Waals surface area contributed by atoms with Gasteiger partial charge in [-0.3, -0.25) is 9.89 Å². The molecular weight excluding hydrogens is 280 g/mol. The van der Waals surface area contributed by atoms with E-state index in [1.54, 1.807) is 0 Å². The van der Waals surface area contributed by atoms with Gasteiger partial charge in [-0.05, 0) is 46.5 Å². The van der Waals surface area contributed by atoms with Crippen molar-refractivity contribution in [3.05, 3.63) is 0 Å². The summed E-state index contributed by atoms with van der Waals surface area (Å²) in [4.78, 5) is 9.87. The Hall–Kier alpha value is -0.420. The molecule has 1 unspecified atom stereocenters. The second-order valence-electron chi connectivity index (χ2n) is 6.24. The zero-order chi connectivity index (χ0) is 15.9. The smallest absolute Gasteiger partial charge is 0.194 e. The standard InChI is InChI=1S/C16H34N4S/c1-7-17-15(18-13-16(4,5)21-6)20-11-10-14(12-20)19(8-2)9-3/h14H,7-13H2,1-6H3,(H,17,18). The van der Waals surface area contributed by atoms with Crippen molar-refractivity contribution in [2.45, 2.75) is 51.8 Å². The van der Waals surface area contributed by atoms with E-state index in [0.717, 1.165) is 45.2 Å². The molecule has 1 aliphatic heterocycles. The Morgan fingerprint density at radius 1 is 1.33 bits per heavy atom. The minimum atomic E-state index is 0.207. The number of rotatable bonds is 7. The van der Waals surface area contributed by atoms with Gasteiger partial charge in [0.25, 0.3) is 0 Å². The van der Waals surface area contributed by atoms with Crippen LogP contribution in [0.1, 0.15) is 41.0 Å². The highest BCUT2D eigenvalue weighted by Gasteiger charge is 2.28. The summed E-state index contributed by atoms with van der Waals surface area (Å²) >= 11 is 1.88. The molecule has 1 saturated heterocycles. The van der Waals surface area contributed by atoms with Gasteiger partial charge in [0.05, 0.1) is 6.54 Å². The third-order valence-corrected chi connectivity index (χ3v) is 5.52. The summed E-state index contributed by atoms with van der Waals surface area (Å²) in [5, 5.41) is 3.46. The molecule has 0 radical (unpaired) electrons. The molecule has 1 aliphatic rings. The first-order valence-electron chi connectivity index (χ1n) is 8.29. The van der Waals surface area contributed by atoms with Crippen molar-refractivity contribution >= 4 is 17.7 Å². The number of nitrogens with zero attached hydrogens (tertiary/aromatic N) is 3. The predicted molar refractivity (Wildman–Crippen MR) is 96.5 cm³/mol. The third-order valence-electron chi connectivity index (χ3n) is 4.29. The fourth-order valence-corrected chi connectivity index (χ4v) is 2.92. The van der Waals surface area contributed by atoms with Gasteiger partial charge < -0.3 is 10.2 Å². The number of hydrogen-bond donors (Lipinski definition) is 1. The molecule has 0 bridgehead atoms. The molecule has 4 nitrogen and oxygen atoms in total. The van der Waals surface area contributed by atoms with Gasteiger partial charge in [-0.15, -0.1) is 0 Å². The summed E-state index contributed by atoms with van der Waals surface area (Å²) < 4.78 is 0.207. The van der Waals surface area contributed by atoms with Crippen molar-refractivity contribution in [2.24, 2.45) is 4.99 Å². The lowest BCUT2D eigenvalue weighted by atomic mass is 10.2. The van der Waals surface area contributed by atoms with Crippen molar-refractivity contribution in [2.75, 3.05) is 45.5 Å². The van der Waals surface area contributed by atoms with Gasteiger partial charge in [0.1, 0.15) is 0 Å². The van der Waals surface area contributed by atoms with Gasteiger partial charge in [-0.25, -0.2) is 0 Å². The monoisotopic (exact) mass is 314 g/mol. The van der Waals surface area contributed by atoms with Crippen LogP contribution in [0, 0.1) is 0 Å². The van der Waals surface area contributed by atoms with Crippen molar-refractivity contribution in [1.29, 1.82) is 0 Å². The van der Waals surface area contributed by atoms with Crippen molar-refractivity contribution in [1.82, 2.24) is 15.1 Å². The lowest BCUT2D eigenvalue weighted by Gasteiger charge is -2.28. The van der Waals surface area contributed by atoms with Crippen LogP contribution >= 0.6 is 11.8 Å². The van der Waals surface area contributed by atoms with Crippen LogP contribution in [-0.4, -0.2) is 72.1 Å². The second kappa shape index (κ2) is 8.89. The van der Waals surface area contributed by atoms with Gasteiger partial charge in [-0.1, -0.05) is 13.8 Å². The Labute approximate surface area is 135 Å². The fourth-order valence-electron chi connectivity index (χ4n) is 2.73. The van der Waals surface area contributed by atoms with E-state index in [2.05, 4.69) is 56.0 Å². The van der Waals surface area contributed by atoms with Crippen LogP contribution in [0.5, 0.6) is 0 Å². The first-order valence-corrected chi connectivity index (χ1v) is 9.52. The number of guanidine groups is 1. The number of thioether (sulfide) groups is 1. The molecule has 1 fully saturated rings. The normalized spacial score (nSPS) is 20.4. The minimum absolute atomic E-state index is 0.207. The molecule has 5 heteroatoms. The fraction of sp³-hybridized carbons (Fsp3) is 0.938. The van der Waals surface area contributed by atoms with E-state index >= 15 is 0 Å². The molecule has 1 N–H and O–H groups in total. The molecule has 0 aromatic rings. The van der Waals surface area contributed by atoms with E-state index in [0.29, 0.717) is 6.04 Å². The van der Waals surface area contributed by atoms with Gasteiger partial charge in [0.15, 0.2) is 5.96 Å². The maximum Gasteiger partial charge on any atom is 0.194 e. The van der Waals surface area contributed by atoms with Crippen LogP contribution in [0.4, 0.5) is 0 Å². The largest absolute Gasteiger partial charge is 0.357 e. The quantitative estimate of drug-likeness (QED) is 0.578. The zero-order valence-electron chi connectivity index (χ0n) is 14.8. The van der Waals surface area contributed by atoms with Crippen LogP contribution in [0.25, 0.3) is 0 Å². The topological polar surface area (TPSA) is 30.9 Å². The molecule has 0 aromatic carbocycles. The zero-order valence-corrected chi connectivity index (χ0v) is 15.6. The second-order valence-corrected chi connectivity index (χ2v) is 7.76. The Morgan fingerprint density at radius 2 is 2.00 bits per heavy atom. The molecule has 0 saturated carbocycles. The van der Waals surface area contributed by atoms with E-state index in [9.17, 15) is 0 Å². The first-order chi connectivity index (χ1) is 9.97. The summed E-state index contributed by atoms with van der Waals surface area (Å²) in [6.07, 6.45) is 3.41. The number of nitrogens with one attached hydrogen (secondary N) is 1. The first kappa shape index (κ1) is 18.6. The van der Waals surface area contributed by atoms with E-state index in [1.807, 2.05) is 11.8 Å². The average Bonchev–Trinajstić information content (AvgIpc) is 2.94. The Balaban J connectivity index is 2.68. The molecule has 0 spiro atoms. The summed E-state index contributed by atoms with van der Waals surface area (Å²) in [5.41, 5.74) is 0. The van der Waals surface area contributed by atoms with E-state index in [-0.39, 0.29) is 4.75 Å². The van der Waals surface area contributed by atoms with Gasteiger partial charge in [0.2, 0.25) is 0 Å². The molecule has 0 aromatic heterocycles. The van der Waals surface area contributed by atoms with Crippen LogP contribution in [0.3, 0.4) is 0 Å². The highest BCUT2D eigenvalue weighted by Crippen LogP contribution is 2.22. The van der Waals surface area contributed by atoms with E-state index < -0.39 is 0 Å². The summed E-state index contributed by atoms with van der Waals surface area (Å²) in [7, 11) is 0. The number of likely N-dealkylation sites (tertiary alicyclic amines) is 1. The molecule has 1 heterocycles. The summed E-state index contributed by atoms with van der Waals surface area (Å²) in [6.45, 7) is 17.5. The summed E-state index contributed by atoms with van der Waals surface area (Å²) in [5.74, 6) is 1.09. The predicted octanol–water partition coefficient (Wildman–Crippen LogP) is 2.51. The minimum Gasteiger partial charge on any atom is -0.357 e. The van der Waals surface area contributed by atoms with E-state index in [1.165, 1.54) is 6.42 Å². The van der Waals surface area contributed by atoms with Crippen LogP contribution in [0.2, 0.25) is 0 Å². The number of hydrogen-bond acceptors (Lipinski definition) is 3. The molecule has 0 aliphatic carbocycles. The van der Waals surface area contributed by atoms with Crippen molar-refractivity contribution in [3.8, 4) is 0 Å². The van der Waals surface area contributed by atoms with Crippen LogP contribution in [0.15, 0.2) is 4.99 Å². The summed E-state index contributed by atoms with van der Waals surface area (Å²) in [6, 6.07) is 0.678. The molecule has 0 amide bonds. The SMILES string of the molecule is CCNC(=NCC(C)(C)SC)N1CCC(N(CC)CC)C1. The lowest BCUT2D eigenvalue weighted by Crippen LogP contribution is -2.43. The maximum atomic E-state index is 4.88.